The van der Waals surface area contributed by atoms with Gasteiger partial charge in [-0.2, -0.15) is 0 Å². The van der Waals surface area contributed by atoms with Crippen molar-refractivity contribution in [2.75, 3.05) is 13.6 Å². The first kappa shape index (κ1) is 24.6. The minimum Gasteiger partial charge on any atom is -0.345 e. The minimum absolute atomic E-state index is 0.283. The Morgan fingerprint density at radius 3 is 1.75 bits per heavy atom. The van der Waals surface area contributed by atoms with E-state index in [9.17, 15) is 9.59 Å². The van der Waals surface area contributed by atoms with Gasteiger partial charge in [-0.1, -0.05) is 97.1 Å². The molecule has 200 valence electrons. The summed E-state index contributed by atoms with van der Waals surface area (Å²) in [6.07, 6.45) is 0.725. The van der Waals surface area contributed by atoms with Gasteiger partial charge in [0.1, 0.15) is 11.6 Å². The molecule has 6 nitrogen and oxygen atoms in total. The van der Waals surface area contributed by atoms with E-state index >= 15 is 0 Å². The Kier molecular flexibility index (Phi) is 5.58. The molecule has 2 aliphatic heterocycles. The Morgan fingerprint density at radius 1 is 0.700 bits per heavy atom. The maximum absolute atomic E-state index is 13.8. The number of fused-ring (bicyclic) bond motifs is 4. The first-order chi connectivity index (χ1) is 19.5. The van der Waals surface area contributed by atoms with Gasteiger partial charge in [-0.25, -0.2) is 4.79 Å². The van der Waals surface area contributed by atoms with E-state index < -0.39 is 17.2 Å². The van der Waals surface area contributed by atoms with Crippen LogP contribution in [-0.2, 0) is 21.7 Å². The third kappa shape index (κ3) is 3.32. The van der Waals surface area contributed by atoms with Crippen molar-refractivity contribution in [2.24, 2.45) is 0 Å². The number of amides is 3. The van der Waals surface area contributed by atoms with Crippen LogP contribution in [-0.4, -0.2) is 51.5 Å². The highest BCUT2D eigenvalue weighted by Crippen LogP contribution is 2.57. The Bertz CT molecular complexity index is 1650. The van der Waals surface area contributed by atoms with E-state index in [1.165, 1.54) is 26.7 Å². The lowest BCUT2D eigenvalue weighted by molar-refractivity contribution is -0.298. The lowest BCUT2D eigenvalue weighted by atomic mass is 9.65. The average Bonchev–Trinajstić information content (AvgIpc) is 3.32. The number of benzene rings is 4. The normalized spacial score (nSPS) is 22.0. The molecule has 2 fully saturated rings. The molecule has 0 spiro atoms. The molecule has 1 aromatic heterocycles. The van der Waals surface area contributed by atoms with Crippen LogP contribution in [0.3, 0.4) is 0 Å². The molecule has 7 rings (SSSR count). The van der Waals surface area contributed by atoms with Crippen LogP contribution in [0.4, 0.5) is 4.79 Å². The number of hydrogen-bond donors (Lipinski definition) is 0. The molecular formula is C34H31N3O3. The van der Waals surface area contributed by atoms with Crippen molar-refractivity contribution in [2.45, 2.75) is 37.1 Å². The molecule has 0 N–H and O–H groups in total. The number of imide groups is 1. The first-order valence-electron chi connectivity index (χ1n) is 13.8. The lowest BCUT2D eigenvalue weighted by Crippen LogP contribution is -2.84. The fourth-order valence-corrected chi connectivity index (χ4v) is 7.02. The minimum atomic E-state index is -1.15. The molecule has 2 saturated heterocycles. The highest BCUT2D eigenvalue weighted by molar-refractivity contribution is 6.08. The summed E-state index contributed by atoms with van der Waals surface area (Å²) in [6, 6.07) is 36.1. The molecule has 0 saturated carbocycles. The molecule has 4 aromatic carbocycles. The zero-order valence-corrected chi connectivity index (χ0v) is 22.7. The zero-order valence-electron chi connectivity index (χ0n) is 22.7. The largest absolute Gasteiger partial charge is 0.345 e. The number of ether oxygens (including phenoxy) is 1. The van der Waals surface area contributed by atoms with E-state index in [1.807, 2.05) is 72.5 Å². The van der Waals surface area contributed by atoms with Crippen molar-refractivity contribution in [3.63, 3.8) is 0 Å². The van der Waals surface area contributed by atoms with Crippen molar-refractivity contribution in [3.05, 3.63) is 120 Å². The van der Waals surface area contributed by atoms with Crippen molar-refractivity contribution in [3.8, 4) is 0 Å². The highest BCUT2D eigenvalue weighted by atomic mass is 16.6. The quantitative estimate of drug-likeness (QED) is 0.264. The molecule has 3 amide bonds. The fraction of sp³-hybridized carbons (Fsp3) is 0.235. The van der Waals surface area contributed by atoms with Crippen LogP contribution in [0.5, 0.6) is 0 Å². The molecule has 0 bridgehead atoms. The number of urea groups is 1. The Balaban J connectivity index is 1.28. The summed E-state index contributed by atoms with van der Waals surface area (Å²) in [4.78, 5) is 30.4. The third-order valence-electron chi connectivity index (χ3n) is 8.72. The Hall–Kier alpha value is -4.42. The van der Waals surface area contributed by atoms with Crippen LogP contribution in [0.15, 0.2) is 109 Å². The van der Waals surface area contributed by atoms with Gasteiger partial charge < -0.3 is 14.2 Å². The molecule has 2 atom stereocenters. The standard InChI is InChI=1S/C34H31N3O3/c1-33-30(34(40-33,24-14-5-3-6-15-24)25-16-7-4-8-17-25)37(32(39)35(2)31(33)38)23-13-22-36-28-20-11-9-18-26(28)27-19-10-12-21-29(27)36/h3-12,14-21,30H,13,22-23H2,1-2H3/t30-,33-/m1/s1. The average molecular weight is 530 g/mol. The number of nitrogens with zero attached hydrogens (tertiary/aromatic N) is 3. The van der Waals surface area contributed by atoms with Gasteiger partial charge in [-0.05, 0) is 36.6 Å². The number of para-hydroxylation sites is 2. The molecule has 0 radical (unpaired) electrons. The predicted octanol–water partition coefficient (Wildman–Crippen LogP) is 6.18. The molecule has 40 heavy (non-hydrogen) atoms. The van der Waals surface area contributed by atoms with Crippen LogP contribution in [0, 0.1) is 0 Å². The SMILES string of the molecule is CN1C(=O)N(CCCn2c3ccccc3c3ccccc32)[C@H]2C(c3ccccc3)(c3ccccc3)O[C@@]2(C)C1=O. The van der Waals surface area contributed by atoms with Gasteiger partial charge in [0.05, 0.1) is 0 Å². The second-order valence-corrected chi connectivity index (χ2v) is 11.0. The van der Waals surface area contributed by atoms with E-state index in [4.69, 9.17) is 4.74 Å². The molecule has 0 unspecified atom stereocenters. The second kappa shape index (κ2) is 9.07. The van der Waals surface area contributed by atoms with Gasteiger partial charge in [0.2, 0.25) is 0 Å². The van der Waals surface area contributed by atoms with Gasteiger partial charge in [-0.15, -0.1) is 0 Å². The Morgan fingerprint density at radius 2 is 1.20 bits per heavy atom. The maximum atomic E-state index is 13.8. The molecule has 5 aromatic rings. The maximum Gasteiger partial charge on any atom is 0.327 e. The van der Waals surface area contributed by atoms with E-state index in [-0.39, 0.29) is 11.9 Å². The molecule has 0 aliphatic carbocycles. The topological polar surface area (TPSA) is 54.8 Å². The summed E-state index contributed by atoms with van der Waals surface area (Å²) in [5.74, 6) is -0.302. The molecular weight excluding hydrogens is 498 g/mol. The number of aryl methyl sites for hydroxylation is 1. The van der Waals surface area contributed by atoms with Crippen LogP contribution in [0.25, 0.3) is 21.8 Å². The predicted molar refractivity (Wildman–Crippen MR) is 156 cm³/mol. The number of hydrogen-bond acceptors (Lipinski definition) is 3. The zero-order chi connectivity index (χ0) is 27.5. The summed E-state index contributed by atoms with van der Waals surface area (Å²) < 4.78 is 9.07. The van der Waals surface area contributed by atoms with Crippen LogP contribution in [0.1, 0.15) is 24.5 Å². The summed E-state index contributed by atoms with van der Waals surface area (Å²) in [6.45, 7) is 3.05. The number of likely N-dealkylation sites (N-methyl/N-ethyl adjacent to an activating group) is 1. The fourth-order valence-electron chi connectivity index (χ4n) is 7.02. The van der Waals surface area contributed by atoms with Gasteiger partial charge >= 0.3 is 6.03 Å². The second-order valence-electron chi connectivity index (χ2n) is 11.0. The number of carbonyl (C=O) groups is 2. The van der Waals surface area contributed by atoms with E-state index in [2.05, 4.69) is 53.1 Å². The van der Waals surface area contributed by atoms with Crippen molar-refractivity contribution < 1.29 is 14.3 Å². The smallest absolute Gasteiger partial charge is 0.327 e. The van der Waals surface area contributed by atoms with E-state index in [1.54, 1.807) is 7.05 Å². The summed E-state index contributed by atoms with van der Waals surface area (Å²) >= 11 is 0. The monoisotopic (exact) mass is 529 g/mol. The highest BCUT2D eigenvalue weighted by Gasteiger charge is 2.73. The number of carbonyl (C=O) groups excluding carboxylic acids is 2. The van der Waals surface area contributed by atoms with Crippen LogP contribution >= 0.6 is 0 Å². The van der Waals surface area contributed by atoms with Crippen molar-refractivity contribution >= 4 is 33.7 Å². The lowest BCUT2D eigenvalue weighted by Gasteiger charge is -2.66. The van der Waals surface area contributed by atoms with Crippen molar-refractivity contribution in [1.82, 2.24) is 14.4 Å². The van der Waals surface area contributed by atoms with Crippen LogP contribution < -0.4 is 0 Å². The summed E-state index contributed by atoms with van der Waals surface area (Å²) in [7, 11) is 1.56. The summed E-state index contributed by atoms with van der Waals surface area (Å²) in [5.41, 5.74) is 2.13. The van der Waals surface area contributed by atoms with Crippen molar-refractivity contribution in [1.29, 1.82) is 0 Å². The van der Waals surface area contributed by atoms with Gasteiger partial charge in [0.25, 0.3) is 5.91 Å². The molecule has 2 aliphatic rings. The summed E-state index contributed by atoms with van der Waals surface area (Å²) in [5, 5.41) is 2.45. The van der Waals surface area contributed by atoms with Gasteiger partial charge in [-0.3, -0.25) is 9.69 Å². The van der Waals surface area contributed by atoms with Gasteiger partial charge in [0.15, 0.2) is 5.60 Å². The number of aromatic nitrogens is 1. The van der Waals surface area contributed by atoms with Crippen LogP contribution in [0.2, 0.25) is 0 Å². The molecule has 3 heterocycles. The third-order valence-corrected chi connectivity index (χ3v) is 8.72. The van der Waals surface area contributed by atoms with Gasteiger partial charge in [0, 0.05) is 41.9 Å². The number of rotatable bonds is 6. The Labute approximate surface area is 233 Å². The first-order valence-corrected chi connectivity index (χ1v) is 13.8. The van der Waals surface area contributed by atoms with E-state index in [0.717, 1.165) is 24.1 Å². The van der Waals surface area contributed by atoms with E-state index in [0.29, 0.717) is 6.54 Å². The molecule has 6 heteroatoms.